The lowest BCUT2D eigenvalue weighted by atomic mass is 9.46. The van der Waals surface area contributed by atoms with E-state index in [1.165, 1.54) is 5.57 Å². The maximum Gasteiger partial charge on any atom is 0.167 e. The van der Waals surface area contributed by atoms with Crippen molar-refractivity contribution in [3.8, 4) is 0 Å². The van der Waals surface area contributed by atoms with Crippen LogP contribution in [0.2, 0.25) is 0 Å². The summed E-state index contributed by atoms with van der Waals surface area (Å²) in [7, 11) is 0. The predicted octanol–water partition coefficient (Wildman–Crippen LogP) is 5.00. The maximum atomic E-state index is 13.4. The smallest absolute Gasteiger partial charge is 0.167 e. The number of ether oxygens (including phenoxy) is 2. The molecular weight excluding hydrogens is 364 g/mol. The molecule has 0 bridgehead atoms. The zero-order valence-electron chi connectivity index (χ0n) is 18.7. The third-order valence-corrected chi connectivity index (χ3v) is 9.69. The van der Waals surface area contributed by atoms with Gasteiger partial charge in [0.05, 0.1) is 6.10 Å². The van der Waals surface area contributed by atoms with Gasteiger partial charge in [0.1, 0.15) is 0 Å². The lowest BCUT2D eigenvalue weighted by Gasteiger charge is -2.59. The molecule has 0 amide bonds. The Morgan fingerprint density at radius 1 is 1.10 bits per heavy atom. The first-order valence-corrected chi connectivity index (χ1v) is 11.7. The average Bonchev–Trinajstić information content (AvgIpc) is 3.07. The summed E-state index contributed by atoms with van der Waals surface area (Å²) in [6.07, 6.45) is 9.24. The molecule has 0 spiro atoms. The second-order valence-electron chi connectivity index (χ2n) is 11.3. The fourth-order valence-electron chi connectivity index (χ4n) is 8.43. The molecule has 0 unspecified atom stereocenters. The summed E-state index contributed by atoms with van der Waals surface area (Å²) >= 11 is 0. The van der Waals surface area contributed by atoms with Gasteiger partial charge in [-0.15, -0.1) is 0 Å². The topological polar surface area (TPSA) is 52.6 Å². The summed E-state index contributed by atoms with van der Waals surface area (Å²) in [6, 6.07) is 0. The Kier molecular flexibility index (Phi) is 4.15. The highest BCUT2D eigenvalue weighted by Crippen LogP contribution is 2.70. The largest absolute Gasteiger partial charge is 0.344 e. The van der Waals surface area contributed by atoms with Gasteiger partial charge in [0.2, 0.25) is 0 Å². The van der Waals surface area contributed by atoms with E-state index in [2.05, 4.69) is 13.8 Å². The van der Waals surface area contributed by atoms with Crippen molar-refractivity contribution in [1.82, 2.24) is 0 Å². The van der Waals surface area contributed by atoms with Gasteiger partial charge in [0.25, 0.3) is 0 Å². The molecule has 29 heavy (non-hydrogen) atoms. The highest BCUT2D eigenvalue weighted by Gasteiger charge is 2.75. The summed E-state index contributed by atoms with van der Waals surface area (Å²) in [4.78, 5) is 25.5. The fourth-order valence-corrected chi connectivity index (χ4v) is 8.43. The van der Waals surface area contributed by atoms with E-state index in [4.69, 9.17) is 9.47 Å². The molecule has 5 rings (SSSR count). The van der Waals surface area contributed by atoms with Crippen LogP contribution in [0.1, 0.15) is 86.0 Å². The van der Waals surface area contributed by atoms with Gasteiger partial charge in [0.15, 0.2) is 23.0 Å². The van der Waals surface area contributed by atoms with Crippen LogP contribution in [0.15, 0.2) is 11.6 Å². The zero-order valence-corrected chi connectivity index (χ0v) is 18.7. The number of ketones is 2. The van der Waals surface area contributed by atoms with Crippen LogP contribution in [0, 0.1) is 28.6 Å². The number of fused-ring (bicyclic) bond motifs is 7. The minimum absolute atomic E-state index is 0.128. The maximum absolute atomic E-state index is 13.4. The summed E-state index contributed by atoms with van der Waals surface area (Å²) in [5, 5.41) is 0. The van der Waals surface area contributed by atoms with Gasteiger partial charge in [-0.3, -0.25) is 9.59 Å². The number of hydrogen-bond acceptors (Lipinski definition) is 4. The Bertz CT molecular complexity index is 797. The van der Waals surface area contributed by atoms with E-state index in [1.807, 2.05) is 26.8 Å². The van der Waals surface area contributed by atoms with Crippen LogP contribution in [-0.2, 0) is 19.1 Å². The second kappa shape index (κ2) is 6.03. The Labute approximate surface area is 174 Å². The Morgan fingerprint density at radius 3 is 2.59 bits per heavy atom. The Balaban J connectivity index is 1.54. The van der Waals surface area contributed by atoms with Crippen LogP contribution in [0.5, 0.6) is 0 Å². The van der Waals surface area contributed by atoms with Crippen molar-refractivity contribution in [2.24, 2.45) is 28.6 Å². The molecule has 3 saturated carbocycles. The molecule has 5 aliphatic rings. The molecule has 7 atom stereocenters. The van der Waals surface area contributed by atoms with E-state index in [1.54, 1.807) is 0 Å². The SMILES string of the molecule is CCC(=O)[C@]12OC(C)(C)O[C@H]1C[C@H]1[C@@H]3CCC4=CC(=O)CC[C@]4(C)[C@H]3CC[C@@]12C. The van der Waals surface area contributed by atoms with Crippen LogP contribution in [0.4, 0.5) is 0 Å². The number of allylic oxidation sites excluding steroid dienone is 1. The molecule has 0 aromatic carbocycles. The van der Waals surface area contributed by atoms with Crippen LogP contribution in [-0.4, -0.2) is 29.1 Å². The normalized spacial score (nSPS) is 50.2. The van der Waals surface area contributed by atoms with Crippen molar-refractivity contribution >= 4 is 11.6 Å². The van der Waals surface area contributed by atoms with Crippen molar-refractivity contribution in [3.05, 3.63) is 11.6 Å². The molecule has 4 fully saturated rings. The Hall–Kier alpha value is -1.00. The van der Waals surface area contributed by atoms with Crippen molar-refractivity contribution in [2.45, 2.75) is 103 Å². The molecule has 4 heteroatoms. The number of carbonyl (C=O) groups is 2. The first-order valence-electron chi connectivity index (χ1n) is 11.7. The van der Waals surface area contributed by atoms with Crippen molar-refractivity contribution < 1.29 is 19.1 Å². The predicted molar refractivity (Wildman–Crippen MR) is 110 cm³/mol. The standard InChI is InChI=1S/C25H36O4/c1-6-20(27)25-21(28-22(2,3)29-25)14-19-17-8-7-15-13-16(26)9-11-23(15,4)18(17)10-12-24(19,25)5/h13,17-19,21H,6-12,14H2,1-5H3/t17-,18+,19+,21+,23+,24+,25+/m1/s1. The van der Waals surface area contributed by atoms with Crippen LogP contribution in [0.25, 0.3) is 0 Å². The zero-order chi connectivity index (χ0) is 20.8. The first kappa shape index (κ1) is 19.9. The van der Waals surface area contributed by atoms with Crippen LogP contribution in [0.3, 0.4) is 0 Å². The van der Waals surface area contributed by atoms with E-state index in [0.29, 0.717) is 36.4 Å². The van der Waals surface area contributed by atoms with Crippen molar-refractivity contribution in [2.75, 3.05) is 0 Å². The highest BCUT2D eigenvalue weighted by atomic mass is 16.8. The number of carbonyl (C=O) groups excluding carboxylic acids is 2. The molecule has 0 aromatic rings. The third kappa shape index (κ3) is 2.39. The van der Waals surface area contributed by atoms with E-state index in [-0.39, 0.29) is 22.7 Å². The van der Waals surface area contributed by atoms with Crippen LogP contribution >= 0.6 is 0 Å². The van der Waals surface area contributed by atoms with Gasteiger partial charge >= 0.3 is 0 Å². The fraction of sp³-hybridized carbons (Fsp3) is 0.840. The average molecular weight is 401 g/mol. The monoisotopic (exact) mass is 400 g/mol. The van der Waals surface area contributed by atoms with Crippen molar-refractivity contribution in [1.29, 1.82) is 0 Å². The quantitative estimate of drug-likeness (QED) is 0.655. The van der Waals surface area contributed by atoms with Crippen molar-refractivity contribution in [3.63, 3.8) is 0 Å². The highest BCUT2D eigenvalue weighted by molar-refractivity contribution is 5.92. The molecule has 0 radical (unpaired) electrons. The minimum atomic E-state index is -0.791. The molecule has 1 heterocycles. The van der Waals surface area contributed by atoms with Gasteiger partial charge in [-0.25, -0.2) is 0 Å². The number of Topliss-reactive ketones (excluding diaryl/α,β-unsaturated/α-hetero) is 1. The first-order chi connectivity index (χ1) is 13.6. The second-order valence-corrected chi connectivity index (χ2v) is 11.3. The minimum Gasteiger partial charge on any atom is -0.344 e. The lowest BCUT2D eigenvalue weighted by Crippen LogP contribution is -2.60. The number of hydrogen-bond donors (Lipinski definition) is 0. The third-order valence-electron chi connectivity index (χ3n) is 9.69. The van der Waals surface area contributed by atoms with Gasteiger partial charge in [-0.05, 0) is 81.6 Å². The summed E-state index contributed by atoms with van der Waals surface area (Å²) in [5.41, 5.74) is 0.589. The summed E-state index contributed by atoms with van der Waals surface area (Å²) in [5.74, 6) is 1.49. The lowest BCUT2D eigenvalue weighted by molar-refractivity contribution is -0.214. The van der Waals surface area contributed by atoms with E-state index in [9.17, 15) is 9.59 Å². The van der Waals surface area contributed by atoms with E-state index >= 15 is 0 Å². The van der Waals surface area contributed by atoms with E-state index in [0.717, 1.165) is 38.5 Å². The summed E-state index contributed by atoms with van der Waals surface area (Å²) < 4.78 is 13.0. The molecule has 0 N–H and O–H groups in total. The summed E-state index contributed by atoms with van der Waals surface area (Å²) in [6.45, 7) is 10.6. The molecule has 4 nitrogen and oxygen atoms in total. The van der Waals surface area contributed by atoms with Gasteiger partial charge in [-0.2, -0.15) is 0 Å². The van der Waals surface area contributed by atoms with E-state index < -0.39 is 11.4 Å². The van der Waals surface area contributed by atoms with Crippen LogP contribution < -0.4 is 0 Å². The molecule has 4 aliphatic carbocycles. The number of rotatable bonds is 2. The molecule has 1 saturated heterocycles. The van der Waals surface area contributed by atoms with Gasteiger partial charge < -0.3 is 9.47 Å². The molecule has 1 aliphatic heterocycles. The molecular formula is C25H36O4. The van der Waals surface area contributed by atoms with Gasteiger partial charge in [0, 0.05) is 18.3 Å². The molecule has 160 valence electrons. The molecule has 0 aromatic heterocycles. The van der Waals surface area contributed by atoms with Gasteiger partial charge in [-0.1, -0.05) is 26.3 Å². The Morgan fingerprint density at radius 2 is 1.86 bits per heavy atom.